The Morgan fingerprint density at radius 3 is 2.76 bits per heavy atom. The van der Waals surface area contributed by atoms with E-state index in [9.17, 15) is 4.79 Å². The highest BCUT2D eigenvalue weighted by atomic mass is 16.3. The molecule has 4 heteroatoms. The van der Waals surface area contributed by atoms with Gasteiger partial charge in [0.1, 0.15) is 5.76 Å². The average molecular weight is 286 g/mol. The quantitative estimate of drug-likeness (QED) is 0.935. The monoisotopic (exact) mass is 286 g/mol. The predicted molar refractivity (Wildman–Crippen MR) is 83.7 cm³/mol. The number of nitrogens with one attached hydrogen (secondary N) is 1. The molecule has 0 amide bonds. The zero-order valence-corrected chi connectivity index (χ0v) is 12.5. The van der Waals surface area contributed by atoms with Crippen molar-refractivity contribution >= 4 is 5.69 Å². The fourth-order valence-corrected chi connectivity index (χ4v) is 3.06. The van der Waals surface area contributed by atoms with Crippen LogP contribution in [0, 0.1) is 6.92 Å². The summed E-state index contributed by atoms with van der Waals surface area (Å²) in [4.78, 5) is 12.3. The van der Waals surface area contributed by atoms with Gasteiger partial charge in [-0.05, 0) is 38.0 Å². The molecule has 1 fully saturated rings. The molecule has 0 bridgehead atoms. The number of rotatable bonds is 4. The van der Waals surface area contributed by atoms with E-state index in [0.717, 1.165) is 17.1 Å². The van der Waals surface area contributed by atoms with E-state index in [4.69, 9.17) is 4.42 Å². The summed E-state index contributed by atoms with van der Waals surface area (Å²) in [6.07, 6.45) is 7.94. The van der Waals surface area contributed by atoms with Gasteiger partial charge in [0.2, 0.25) is 0 Å². The highest BCUT2D eigenvalue weighted by Crippen LogP contribution is 2.21. The number of aryl methyl sites for hydroxylation is 1. The average Bonchev–Trinajstić information content (AvgIpc) is 2.97. The van der Waals surface area contributed by atoms with Crippen LogP contribution in [0.1, 0.15) is 43.6 Å². The van der Waals surface area contributed by atoms with Gasteiger partial charge < -0.3 is 14.3 Å². The Labute approximate surface area is 124 Å². The van der Waals surface area contributed by atoms with Crippen LogP contribution in [-0.2, 0) is 6.54 Å². The van der Waals surface area contributed by atoms with Crippen LogP contribution in [0.2, 0.25) is 0 Å². The first-order valence-corrected chi connectivity index (χ1v) is 7.73. The molecule has 0 aromatic carbocycles. The molecule has 3 rings (SSSR count). The number of hydrogen-bond donors (Lipinski definition) is 1. The number of furan rings is 1. The van der Waals surface area contributed by atoms with E-state index in [1.54, 1.807) is 16.9 Å². The lowest BCUT2D eigenvalue weighted by molar-refractivity contribution is 0.462. The third-order valence-electron chi connectivity index (χ3n) is 4.21. The third-order valence-corrected chi connectivity index (χ3v) is 4.21. The van der Waals surface area contributed by atoms with E-state index in [2.05, 4.69) is 11.4 Å². The van der Waals surface area contributed by atoms with Crippen LogP contribution >= 0.6 is 0 Å². The van der Waals surface area contributed by atoms with E-state index in [0.29, 0.717) is 12.6 Å². The molecule has 4 nitrogen and oxygen atoms in total. The lowest BCUT2D eigenvalue weighted by Crippen LogP contribution is -2.26. The standard InChI is InChI=1S/C17H22N2O2/c1-13-10-15(18-14-6-3-2-4-7-14)11-17(20)19(13)12-16-8-5-9-21-16/h5,8-11,14,18H,2-4,6-7,12H2,1H3. The molecule has 112 valence electrons. The Kier molecular flexibility index (Phi) is 4.13. The van der Waals surface area contributed by atoms with Gasteiger partial charge in [0.25, 0.3) is 5.56 Å². The second kappa shape index (κ2) is 6.20. The van der Waals surface area contributed by atoms with Crippen molar-refractivity contribution < 1.29 is 4.42 Å². The normalized spacial score (nSPS) is 16.0. The van der Waals surface area contributed by atoms with E-state index in [1.165, 1.54) is 32.1 Å². The van der Waals surface area contributed by atoms with Gasteiger partial charge in [-0.2, -0.15) is 0 Å². The van der Waals surface area contributed by atoms with Gasteiger partial charge in [0.15, 0.2) is 0 Å². The van der Waals surface area contributed by atoms with Gasteiger partial charge in [0, 0.05) is 23.5 Å². The molecule has 1 N–H and O–H groups in total. The molecule has 0 unspecified atom stereocenters. The Balaban J connectivity index is 1.77. The van der Waals surface area contributed by atoms with Crippen LogP contribution in [-0.4, -0.2) is 10.6 Å². The minimum Gasteiger partial charge on any atom is -0.467 e. The fraction of sp³-hybridized carbons (Fsp3) is 0.471. The molecule has 0 spiro atoms. The van der Waals surface area contributed by atoms with Gasteiger partial charge in [0.05, 0.1) is 12.8 Å². The zero-order valence-electron chi connectivity index (χ0n) is 12.5. The SMILES string of the molecule is Cc1cc(NC2CCCCC2)cc(=O)n1Cc1ccco1. The van der Waals surface area contributed by atoms with Gasteiger partial charge >= 0.3 is 0 Å². The Hall–Kier alpha value is -1.97. The van der Waals surface area contributed by atoms with Crippen molar-refractivity contribution in [3.05, 3.63) is 52.3 Å². The summed E-state index contributed by atoms with van der Waals surface area (Å²) in [5.74, 6) is 0.799. The summed E-state index contributed by atoms with van der Waals surface area (Å²) in [6, 6.07) is 8.00. The maximum Gasteiger partial charge on any atom is 0.253 e. The molecular formula is C17H22N2O2. The maximum absolute atomic E-state index is 12.3. The van der Waals surface area contributed by atoms with Crippen molar-refractivity contribution in [2.75, 3.05) is 5.32 Å². The third kappa shape index (κ3) is 3.38. The molecule has 1 aliphatic carbocycles. The summed E-state index contributed by atoms with van der Waals surface area (Å²) >= 11 is 0. The van der Waals surface area contributed by atoms with E-state index >= 15 is 0 Å². The smallest absolute Gasteiger partial charge is 0.253 e. The van der Waals surface area contributed by atoms with Gasteiger partial charge in [-0.1, -0.05) is 19.3 Å². The lowest BCUT2D eigenvalue weighted by Gasteiger charge is -2.24. The Bertz CT molecular complexity index is 637. The number of anilines is 1. The molecular weight excluding hydrogens is 264 g/mol. The van der Waals surface area contributed by atoms with Crippen molar-refractivity contribution in [2.24, 2.45) is 0 Å². The molecule has 0 aliphatic heterocycles. The number of hydrogen-bond acceptors (Lipinski definition) is 3. The van der Waals surface area contributed by atoms with E-state index in [-0.39, 0.29) is 5.56 Å². The number of aromatic nitrogens is 1. The summed E-state index contributed by atoms with van der Waals surface area (Å²) in [6.45, 7) is 2.46. The summed E-state index contributed by atoms with van der Waals surface area (Å²) in [5, 5.41) is 3.51. The van der Waals surface area contributed by atoms with Crippen LogP contribution < -0.4 is 10.9 Å². The first-order chi connectivity index (χ1) is 10.2. The molecule has 2 heterocycles. The van der Waals surface area contributed by atoms with Crippen molar-refractivity contribution in [3.63, 3.8) is 0 Å². The fourth-order valence-electron chi connectivity index (χ4n) is 3.06. The van der Waals surface area contributed by atoms with Crippen molar-refractivity contribution in [3.8, 4) is 0 Å². The minimum absolute atomic E-state index is 0.0182. The first-order valence-electron chi connectivity index (χ1n) is 7.73. The van der Waals surface area contributed by atoms with Crippen LogP contribution in [0.15, 0.2) is 39.7 Å². The summed E-state index contributed by atoms with van der Waals surface area (Å²) in [7, 11) is 0. The molecule has 1 saturated carbocycles. The van der Waals surface area contributed by atoms with Crippen molar-refractivity contribution in [1.29, 1.82) is 0 Å². The molecule has 21 heavy (non-hydrogen) atoms. The van der Waals surface area contributed by atoms with Gasteiger partial charge in [-0.25, -0.2) is 0 Å². The van der Waals surface area contributed by atoms with E-state index < -0.39 is 0 Å². The van der Waals surface area contributed by atoms with Crippen molar-refractivity contribution in [2.45, 2.75) is 51.6 Å². The Morgan fingerprint density at radius 2 is 2.10 bits per heavy atom. The zero-order chi connectivity index (χ0) is 14.7. The number of pyridine rings is 1. The van der Waals surface area contributed by atoms with Gasteiger partial charge in [-0.15, -0.1) is 0 Å². The first kappa shape index (κ1) is 14.0. The largest absolute Gasteiger partial charge is 0.467 e. The Morgan fingerprint density at radius 1 is 1.29 bits per heavy atom. The van der Waals surface area contributed by atoms with Crippen molar-refractivity contribution in [1.82, 2.24) is 4.57 Å². The molecule has 0 saturated heterocycles. The molecule has 1 aliphatic rings. The summed E-state index contributed by atoms with van der Waals surface area (Å²) < 4.78 is 7.06. The molecule has 2 aromatic heterocycles. The predicted octanol–water partition coefficient (Wildman–Crippen LogP) is 3.54. The van der Waals surface area contributed by atoms with Crippen LogP contribution in [0.4, 0.5) is 5.69 Å². The maximum atomic E-state index is 12.3. The molecule has 2 aromatic rings. The van der Waals surface area contributed by atoms with Crippen LogP contribution in [0.3, 0.4) is 0 Å². The number of nitrogens with zero attached hydrogens (tertiary/aromatic N) is 1. The second-order valence-electron chi connectivity index (χ2n) is 5.87. The second-order valence-corrected chi connectivity index (χ2v) is 5.87. The van der Waals surface area contributed by atoms with Crippen LogP contribution in [0.5, 0.6) is 0 Å². The minimum atomic E-state index is 0.0182. The molecule has 0 atom stereocenters. The van der Waals surface area contributed by atoms with E-state index in [1.807, 2.05) is 19.1 Å². The van der Waals surface area contributed by atoms with Crippen LogP contribution in [0.25, 0.3) is 0 Å². The highest BCUT2D eigenvalue weighted by Gasteiger charge is 2.14. The molecule has 0 radical (unpaired) electrons. The topological polar surface area (TPSA) is 47.2 Å². The van der Waals surface area contributed by atoms with Gasteiger partial charge in [-0.3, -0.25) is 4.79 Å². The highest BCUT2D eigenvalue weighted by molar-refractivity contribution is 5.44. The summed E-state index contributed by atoms with van der Waals surface area (Å²) in [5.41, 5.74) is 1.92. The lowest BCUT2D eigenvalue weighted by atomic mass is 9.95.